The van der Waals surface area contributed by atoms with Gasteiger partial charge >= 0.3 is 6.61 Å². The third-order valence-corrected chi connectivity index (χ3v) is 2.83. The summed E-state index contributed by atoms with van der Waals surface area (Å²) in [5.41, 5.74) is 2.76. The largest absolute Gasteiger partial charge is 0.434 e. The van der Waals surface area contributed by atoms with E-state index in [1.54, 1.807) is 24.4 Å². The van der Waals surface area contributed by atoms with Gasteiger partial charge in [0.25, 0.3) is 0 Å². The molecule has 0 unspecified atom stereocenters. The van der Waals surface area contributed by atoms with Crippen LogP contribution in [-0.4, -0.2) is 21.6 Å². The van der Waals surface area contributed by atoms with Crippen LogP contribution in [0.25, 0.3) is 22.6 Å². The minimum absolute atomic E-state index is 0.0817. The van der Waals surface area contributed by atoms with Crippen molar-refractivity contribution >= 4 is 11.2 Å². The SMILES string of the molecule is Cc1cnc2nc(-c3ccccc3OC(F)F)[nH]c2c1. The van der Waals surface area contributed by atoms with Crippen molar-refractivity contribution in [2.45, 2.75) is 13.5 Å². The first-order valence-corrected chi connectivity index (χ1v) is 6.00. The summed E-state index contributed by atoms with van der Waals surface area (Å²) >= 11 is 0. The number of aromatic amines is 1. The van der Waals surface area contributed by atoms with Gasteiger partial charge in [-0.05, 0) is 30.7 Å². The number of aryl methyl sites for hydroxylation is 1. The van der Waals surface area contributed by atoms with E-state index in [0.717, 1.165) is 11.1 Å². The number of fused-ring (bicyclic) bond motifs is 1. The Morgan fingerprint density at radius 2 is 2.05 bits per heavy atom. The molecular weight excluding hydrogens is 264 g/mol. The fourth-order valence-electron chi connectivity index (χ4n) is 1.99. The highest BCUT2D eigenvalue weighted by molar-refractivity contribution is 5.78. The molecule has 0 fully saturated rings. The highest BCUT2D eigenvalue weighted by Gasteiger charge is 2.14. The van der Waals surface area contributed by atoms with Gasteiger partial charge in [0.05, 0.1) is 11.1 Å². The van der Waals surface area contributed by atoms with E-state index in [0.29, 0.717) is 17.0 Å². The van der Waals surface area contributed by atoms with Gasteiger partial charge in [-0.15, -0.1) is 0 Å². The van der Waals surface area contributed by atoms with E-state index >= 15 is 0 Å². The molecule has 6 heteroatoms. The number of pyridine rings is 1. The van der Waals surface area contributed by atoms with Crippen LogP contribution in [0.15, 0.2) is 36.5 Å². The third kappa shape index (κ3) is 2.32. The molecule has 0 aliphatic heterocycles. The highest BCUT2D eigenvalue weighted by Crippen LogP contribution is 2.30. The first-order chi connectivity index (χ1) is 9.63. The molecule has 0 aliphatic carbocycles. The average Bonchev–Trinajstić information content (AvgIpc) is 2.81. The number of aromatic nitrogens is 3. The lowest BCUT2D eigenvalue weighted by Crippen LogP contribution is -2.03. The van der Waals surface area contributed by atoms with Crippen LogP contribution in [0.2, 0.25) is 0 Å². The second kappa shape index (κ2) is 4.88. The first-order valence-electron chi connectivity index (χ1n) is 6.00. The van der Waals surface area contributed by atoms with Crippen LogP contribution >= 0.6 is 0 Å². The monoisotopic (exact) mass is 275 g/mol. The van der Waals surface area contributed by atoms with Crippen LogP contribution in [-0.2, 0) is 0 Å². The summed E-state index contributed by atoms with van der Waals surface area (Å²) < 4.78 is 29.3. The van der Waals surface area contributed by atoms with E-state index in [2.05, 4.69) is 19.7 Å². The normalized spacial score (nSPS) is 11.2. The van der Waals surface area contributed by atoms with Crippen molar-refractivity contribution < 1.29 is 13.5 Å². The Labute approximate surface area is 113 Å². The molecule has 1 N–H and O–H groups in total. The summed E-state index contributed by atoms with van der Waals surface area (Å²) in [5.74, 6) is 0.535. The minimum Gasteiger partial charge on any atom is -0.434 e. The number of imidazole rings is 1. The second-order valence-electron chi connectivity index (χ2n) is 4.34. The molecule has 102 valence electrons. The van der Waals surface area contributed by atoms with Gasteiger partial charge in [-0.3, -0.25) is 0 Å². The summed E-state index contributed by atoms with van der Waals surface area (Å²) in [5, 5.41) is 0. The molecule has 0 aliphatic rings. The Balaban J connectivity index is 2.10. The van der Waals surface area contributed by atoms with Gasteiger partial charge in [0.1, 0.15) is 11.6 Å². The van der Waals surface area contributed by atoms with Gasteiger partial charge in [0.2, 0.25) is 0 Å². The topological polar surface area (TPSA) is 50.8 Å². The Morgan fingerprint density at radius 3 is 2.85 bits per heavy atom. The Morgan fingerprint density at radius 1 is 1.25 bits per heavy atom. The Bertz CT molecular complexity index is 755. The maximum absolute atomic E-state index is 12.4. The minimum atomic E-state index is -2.87. The predicted molar refractivity (Wildman–Crippen MR) is 70.7 cm³/mol. The number of alkyl halides is 2. The van der Waals surface area contributed by atoms with Crippen LogP contribution < -0.4 is 4.74 Å². The molecule has 0 bridgehead atoms. The zero-order valence-electron chi connectivity index (χ0n) is 10.6. The summed E-state index contributed by atoms with van der Waals surface area (Å²) in [4.78, 5) is 11.6. The van der Waals surface area contributed by atoms with E-state index in [1.807, 2.05) is 13.0 Å². The molecule has 2 heterocycles. The standard InChI is InChI=1S/C14H11F2N3O/c1-8-6-10-13(17-7-8)19-12(18-10)9-4-2-3-5-11(9)20-14(15)16/h2-7,14H,1H3,(H,17,18,19). The fraction of sp³-hybridized carbons (Fsp3) is 0.143. The zero-order valence-corrected chi connectivity index (χ0v) is 10.6. The quantitative estimate of drug-likeness (QED) is 0.795. The number of ether oxygens (including phenoxy) is 1. The molecule has 0 atom stereocenters. The maximum Gasteiger partial charge on any atom is 0.387 e. The van der Waals surface area contributed by atoms with E-state index in [9.17, 15) is 8.78 Å². The number of nitrogens with zero attached hydrogens (tertiary/aromatic N) is 2. The number of benzene rings is 1. The van der Waals surface area contributed by atoms with Crippen molar-refractivity contribution in [1.82, 2.24) is 15.0 Å². The first kappa shape index (κ1) is 12.5. The van der Waals surface area contributed by atoms with Gasteiger partial charge in [0.15, 0.2) is 5.65 Å². The molecule has 3 aromatic rings. The number of rotatable bonds is 3. The lowest BCUT2D eigenvalue weighted by atomic mass is 10.2. The molecule has 2 aromatic heterocycles. The van der Waals surface area contributed by atoms with Crippen LogP contribution in [0, 0.1) is 6.92 Å². The van der Waals surface area contributed by atoms with Crippen molar-refractivity contribution in [3.8, 4) is 17.1 Å². The Kier molecular flexibility index (Phi) is 3.06. The van der Waals surface area contributed by atoms with Crippen LogP contribution in [0.5, 0.6) is 5.75 Å². The maximum atomic E-state index is 12.4. The molecule has 20 heavy (non-hydrogen) atoms. The lowest BCUT2D eigenvalue weighted by Gasteiger charge is -2.08. The third-order valence-electron chi connectivity index (χ3n) is 2.83. The fourth-order valence-corrected chi connectivity index (χ4v) is 1.99. The van der Waals surface area contributed by atoms with Crippen LogP contribution in [0.3, 0.4) is 0 Å². The summed E-state index contributed by atoms with van der Waals surface area (Å²) in [6.45, 7) is -0.957. The highest BCUT2D eigenvalue weighted by atomic mass is 19.3. The summed E-state index contributed by atoms with van der Waals surface area (Å²) in [7, 11) is 0. The number of hydrogen-bond donors (Lipinski definition) is 1. The van der Waals surface area contributed by atoms with Gasteiger partial charge < -0.3 is 9.72 Å². The summed E-state index contributed by atoms with van der Waals surface area (Å²) in [6, 6.07) is 8.41. The predicted octanol–water partition coefficient (Wildman–Crippen LogP) is 3.53. The van der Waals surface area contributed by atoms with Crippen molar-refractivity contribution in [2.24, 2.45) is 0 Å². The van der Waals surface area contributed by atoms with E-state index in [-0.39, 0.29) is 5.75 Å². The molecule has 4 nitrogen and oxygen atoms in total. The van der Waals surface area contributed by atoms with Crippen molar-refractivity contribution in [3.63, 3.8) is 0 Å². The van der Waals surface area contributed by atoms with Crippen LogP contribution in [0.4, 0.5) is 8.78 Å². The summed E-state index contributed by atoms with van der Waals surface area (Å²) in [6.07, 6.45) is 1.70. The number of halogens is 2. The molecule has 0 amide bonds. The van der Waals surface area contributed by atoms with E-state index in [4.69, 9.17) is 0 Å². The molecule has 0 saturated carbocycles. The molecular formula is C14H11F2N3O. The number of hydrogen-bond acceptors (Lipinski definition) is 3. The molecule has 0 spiro atoms. The number of para-hydroxylation sites is 1. The number of H-pyrrole nitrogens is 1. The molecule has 0 radical (unpaired) electrons. The van der Waals surface area contributed by atoms with E-state index in [1.165, 1.54) is 6.07 Å². The lowest BCUT2D eigenvalue weighted by molar-refractivity contribution is -0.0494. The second-order valence-corrected chi connectivity index (χ2v) is 4.34. The zero-order chi connectivity index (χ0) is 14.1. The van der Waals surface area contributed by atoms with Crippen LogP contribution in [0.1, 0.15) is 5.56 Å². The van der Waals surface area contributed by atoms with Crippen molar-refractivity contribution in [2.75, 3.05) is 0 Å². The Hall–Kier alpha value is -2.50. The van der Waals surface area contributed by atoms with Gasteiger partial charge in [-0.1, -0.05) is 12.1 Å². The van der Waals surface area contributed by atoms with Gasteiger partial charge in [-0.25, -0.2) is 9.97 Å². The average molecular weight is 275 g/mol. The van der Waals surface area contributed by atoms with Gasteiger partial charge in [0, 0.05) is 6.20 Å². The van der Waals surface area contributed by atoms with Crippen molar-refractivity contribution in [3.05, 3.63) is 42.1 Å². The smallest absolute Gasteiger partial charge is 0.387 e. The number of nitrogens with one attached hydrogen (secondary N) is 1. The molecule has 3 rings (SSSR count). The van der Waals surface area contributed by atoms with E-state index < -0.39 is 6.61 Å². The van der Waals surface area contributed by atoms with Gasteiger partial charge in [-0.2, -0.15) is 8.78 Å². The van der Waals surface area contributed by atoms with Crippen molar-refractivity contribution in [1.29, 1.82) is 0 Å². The molecule has 1 aromatic carbocycles. The molecule has 0 saturated heterocycles.